The number of imidazole rings is 1. The summed E-state index contributed by atoms with van der Waals surface area (Å²) in [6.45, 7) is 2.30. The highest BCUT2D eigenvalue weighted by Crippen LogP contribution is 2.31. The van der Waals surface area contributed by atoms with Gasteiger partial charge in [0, 0.05) is 46.0 Å². The van der Waals surface area contributed by atoms with Crippen LogP contribution in [0.4, 0.5) is 0 Å². The number of fused-ring (bicyclic) bond motifs is 1. The van der Waals surface area contributed by atoms with E-state index in [1.807, 2.05) is 30.1 Å². The number of aryl methyl sites for hydroxylation is 3. The van der Waals surface area contributed by atoms with Crippen LogP contribution in [0.5, 0.6) is 0 Å². The number of hydrogen-bond acceptors (Lipinski definition) is 5. The molecule has 1 saturated heterocycles. The van der Waals surface area contributed by atoms with Gasteiger partial charge in [-0.1, -0.05) is 18.9 Å². The molecule has 4 heterocycles. The first-order valence-corrected chi connectivity index (χ1v) is 11.2. The van der Waals surface area contributed by atoms with Gasteiger partial charge in [-0.05, 0) is 50.4 Å². The van der Waals surface area contributed by atoms with Gasteiger partial charge in [0.25, 0.3) is 5.56 Å². The van der Waals surface area contributed by atoms with Gasteiger partial charge in [0.15, 0.2) is 11.2 Å². The number of pyridine rings is 1. The maximum atomic E-state index is 12.5. The van der Waals surface area contributed by atoms with E-state index in [-0.39, 0.29) is 11.2 Å². The van der Waals surface area contributed by atoms with Gasteiger partial charge >= 0.3 is 5.69 Å². The predicted molar refractivity (Wildman–Crippen MR) is 121 cm³/mol. The van der Waals surface area contributed by atoms with E-state index < -0.39 is 0 Å². The highest BCUT2D eigenvalue weighted by molar-refractivity contribution is 5.70. The van der Waals surface area contributed by atoms with Crippen LogP contribution in [0.15, 0.2) is 34.1 Å². The van der Waals surface area contributed by atoms with Crippen molar-refractivity contribution in [3.63, 3.8) is 0 Å². The summed E-state index contributed by atoms with van der Waals surface area (Å²) in [5.74, 6) is 0.865. The molecule has 166 valence electrons. The molecule has 0 aromatic carbocycles. The van der Waals surface area contributed by atoms with Gasteiger partial charge in [0.05, 0.1) is 0 Å². The third-order valence-electron chi connectivity index (χ3n) is 6.60. The van der Waals surface area contributed by atoms with E-state index in [1.54, 1.807) is 7.05 Å². The minimum Gasteiger partial charge on any atom is -0.325 e. The Morgan fingerprint density at radius 1 is 1.03 bits per heavy atom. The number of nitrogens with zero attached hydrogens (tertiary/aromatic N) is 6. The number of rotatable bonds is 8. The van der Waals surface area contributed by atoms with E-state index in [1.165, 1.54) is 49.4 Å². The molecule has 1 atom stereocenters. The zero-order chi connectivity index (χ0) is 22.0. The zero-order valence-corrected chi connectivity index (χ0v) is 18.8. The average molecular weight is 425 g/mol. The van der Waals surface area contributed by atoms with Gasteiger partial charge in [0.2, 0.25) is 0 Å². The first-order chi connectivity index (χ1) is 15.0. The summed E-state index contributed by atoms with van der Waals surface area (Å²) in [6.07, 6.45) is 11.7. The molecule has 3 aromatic heterocycles. The Kier molecular flexibility index (Phi) is 6.36. The van der Waals surface area contributed by atoms with Gasteiger partial charge in [-0.3, -0.25) is 23.8 Å². The maximum absolute atomic E-state index is 12.5. The zero-order valence-electron chi connectivity index (χ0n) is 18.8. The molecule has 8 nitrogen and oxygen atoms in total. The van der Waals surface area contributed by atoms with Crippen molar-refractivity contribution in [1.29, 1.82) is 0 Å². The molecule has 1 fully saturated rings. The topological polar surface area (TPSA) is 78.0 Å². The molecule has 8 heteroatoms. The quantitative estimate of drug-likeness (QED) is 0.519. The number of unbranched alkanes of at least 4 members (excludes halogenated alkanes) is 3. The fourth-order valence-electron chi connectivity index (χ4n) is 4.78. The third-order valence-corrected chi connectivity index (χ3v) is 6.60. The summed E-state index contributed by atoms with van der Waals surface area (Å²) in [7, 11) is 5.04. The van der Waals surface area contributed by atoms with Crippen LogP contribution in [0.25, 0.3) is 11.2 Å². The fraction of sp³-hybridized carbons (Fsp3) is 0.565. The van der Waals surface area contributed by atoms with Crippen molar-refractivity contribution in [2.45, 2.75) is 51.0 Å². The summed E-state index contributed by atoms with van der Waals surface area (Å²) in [5, 5.41) is 0. The lowest BCUT2D eigenvalue weighted by Crippen LogP contribution is -2.37. The van der Waals surface area contributed by atoms with E-state index in [0.717, 1.165) is 36.2 Å². The van der Waals surface area contributed by atoms with E-state index in [0.29, 0.717) is 17.2 Å². The van der Waals surface area contributed by atoms with Crippen molar-refractivity contribution >= 4 is 11.2 Å². The summed E-state index contributed by atoms with van der Waals surface area (Å²) in [4.78, 5) is 36.1. The normalized spacial score (nSPS) is 17.1. The van der Waals surface area contributed by atoms with Crippen LogP contribution < -0.4 is 11.2 Å². The fourth-order valence-corrected chi connectivity index (χ4v) is 4.78. The first kappa shape index (κ1) is 21.5. The third kappa shape index (κ3) is 4.21. The van der Waals surface area contributed by atoms with E-state index in [2.05, 4.69) is 20.9 Å². The molecule has 0 aliphatic carbocycles. The Morgan fingerprint density at radius 2 is 1.84 bits per heavy atom. The molecule has 1 aliphatic heterocycles. The minimum atomic E-state index is -0.339. The molecule has 3 aromatic rings. The van der Waals surface area contributed by atoms with Crippen LogP contribution in [-0.4, -0.2) is 41.7 Å². The lowest BCUT2D eigenvalue weighted by molar-refractivity contribution is 0.250. The van der Waals surface area contributed by atoms with Crippen molar-refractivity contribution in [3.05, 3.63) is 56.8 Å². The van der Waals surface area contributed by atoms with E-state index in [9.17, 15) is 9.59 Å². The minimum absolute atomic E-state index is 0.284. The second-order valence-electron chi connectivity index (χ2n) is 8.61. The molecule has 4 rings (SSSR count). The molecule has 1 unspecified atom stereocenters. The van der Waals surface area contributed by atoms with Crippen LogP contribution in [-0.2, 0) is 27.6 Å². The molecule has 0 N–H and O–H groups in total. The first-order valence-electron chi connectivity index (χ1n) is 11.2. The molecule has 31 heavy (non-hydrogen) atoms. The Balaban J connectivity index is 1.29. The van der Waals surface area contributed by atoms with Crippen LogP contribution in [0.3, 0.4) is 0 Å². The van der Waals surface area contributed by atoms with Gasteiger partial charge in [-0.15, -0.1) is 0 Å². The molecular formula is C23H32N6O2. The predicted octanol–water partition coefficient (Wildman–Crippen LogP) is 2.31. The summed E-state index contributed by atoms with van der Waals surface area (Å²) < 4.78 is 4.44. The van der Waals surface area contributed by atoms with Crippen LogP contribution in [0.2, 0.25) is 0 Å². The van der Waals surface area contributed by atoms with Gasteiger partial charge in [-0.2, -0.15) is 0 Å². The van der Waals surface area contributed by atoms with Crippen molar-refractivity contribution in [1.82, 2.24) is 28.6 Å². The largest absolute Gasteiger partial charge is 0.332 e. The molecule has 0 amide bonds. The second kappa shape index (κ2) is 9.18. The summed E-state index contributed by atoms with van der Waals surface area (Å²) in [5.41, 5.74) is 1.68. The SMILES string of the molecule is Cn1c(=O)c2c(nc(CCCCCCN3CCCC3c3cccnc3)n2C)n(C)c1=O. The molecule has 0 saturated carbocycles. The van der Waals surface area contributed by atoms with Gasteiger partial charge in [0.1, 0.15) is 5.82 Å². The molecule has 0 radical (unpaired) electrons. The summed E-state index contributed by atoms with van der Waals surface area (Å²) >= 11 is 0. The number of likely N-dealkylation sites (tertiary alicyclic amines) is 1. The van der Waals surface area contributed by atoms with Crippen LogP contribution >= 0.6 is 0 Å². The van der Waals surface area contributed by atoms with Crippen LogP contribution in [0.1, 0.15) is 56.0 Å². The number of aromatic nitrogens is 5. The van der Waals surface area contributed by atoms with Gasteiger partial charge in [-0.25, -0.2) is 9.78 Å². The smallest absolute Gasteiger partial charge is 0.325 e. The second-order valence-corrected chi connectivity index (χ2v) is 8.61. The Hall–Kier alpha value is -2.74. The van der Waals surface area contributed by atoms with Crippen molar-refractivity contribution in [2.24, 2.45) is 21.1 Å². The van der Waals surface area contributed by atoms with E-state index in [4.69, 9.17) is 0 Å². The molecule has 0 spiro atoms. The Labute approximate surface area is 182 Å². The lowest BCUT2D eigenvalue weighted by atomic mass is 10.1. The average Bonchev–Trinajstić information content (AvgIpc) is 3.38. The maximum Gasteiger partial charge on any atom is 0.332 e. The molecule has 1 aliphatic rings. The Morgan fingerprint density at radius 3 is 2.61 bits per heavy atom. The highest BCUT2D eigenvalue weighted by atomic mass is 16.2. The number of hydrogen-bond donors (Lipinski definition) is 0. The van der Waals surface area contributed by atoms with Gasteiger partial charge < -0.3 is 4.57 Å². The lowest BCUT2D eigenvalue weighted by Gasteiger charge is -2.24. The summed E-state index contributed by atoms with van der Waals surface area (Å²) in [6, 6.07) is 4.74. The molecular weight excluding hydrogens is 392 g/mol. The molecule has 0 bridgehead atoms. The monoisotopic (exact) mass is 424 g/mol. The highest BCUT2D eigenvalue weighted by Gasteiger charge is 2.25. The van der Waals surface area contributed by atoms with Crippen molar-refractivity contribution in [2.75, 3.05) is 13.1 Å². The Bertz CT molecular complexity index is 1160. The van der Waals surface area contributed by atoms with Crippen LogP contribution in [0, 0.1) is 0 Å². The van der Waals surface area contributed by atoms with E-state index >= 15 is 0 Å². The van der Waals surface area contributed by atoms with Crippen molar-refractivity contribution in [3.8, 4) is 0 Å². The standard InChI is InChI=1S/C23H32N6O2/c1-26-19(25-21-20(26)22(30)28(3)23(31)27(21)2)12-6-4-5-7-14-29-15-9-11-18(29)17-10-8-13-24-16-17/h8,10,13,16,18H,4-7,9,11-12,14-15H2,1-3H3. The van der Waals surface area contributed by atoms with Crippen molar-refractivity contribution < 1.29 is 0 Å².